The summed E-state index contributed by atoms with van der Waals surface area (Å²) >= 11 is 0. The highest BCUT2D eigenvalue weighted by Crippen LogP contribution is 2.20. The fourth-order valence-corrected chi connectivity index (χ4v) is 3.64. The normalized spacial score (nSPS) is 23.9. The number of benzene rings is 1. The van der Waals surface area contributed by atoms with E-state index in [4.69, 9.17) is 0 Å². The van der Waals surface area contributed by atoms with Crippen molar-refractivity contribution >= 4 is 36.4 Å². The number of hydrogen-bond acceptors (Lipinski definition) is 3. The van der Waals surface area contributed by atoms with Gasteiger partial charge in [-0.05, 0) is 63.4 Å². The lowest BCUT2D eigenvalue weighted by Crippen LogP contribution is -2.37. The minimum Gasteiger partial charge on any atom is -0.326 e. The van der Waals surface area contributed by atoms with E-state index in [-0.39, 0.29) is 36.6 Å². The van der Waals surface area contributed by atoms with Gasteiger partial charge in [0.2, 0.25) is 5.91 Å². The van der Waals surface area contributed by atoms with Crippen molar-refractivity contribution in [3.63, 3.8) is 0 Å². The largest absolute Gasteiger partial charge is 0.326 e. The molecule has 2 N–H and O–H groups in total. The Morgan fingerprint density at radius 2 is 1.92 bits per heavy atom. The lowest BCUT2D eigenvalue weighted by atomic mass is 9.98. The predicted molar refractivity (Wildman–Crippen MR) is 109 cm³/mol. The van der Waals surface area contributed by atoms with Gasteiger partial charge >= 0.3 is 0 Å². The van der Waals surface area contributed by atoms with Crippen molar-refractivity contribution in [3.05, 3.63) is 29.8 Å². The number of nitrogens with zero attached hydrogens (tertiary/aromatic N) is 1. The zero-order valence-corrected chi connectivity index (χ0v) is 16.6. The first-order valence-corrected chi connectivity index (χ1v) is 9.07. The summed E-state index contributed by atoms with van der Waals surface area (Å²) in [5.74, 6) is 0.257. The molecule has 0 spiro atoms. The molecule has 2 aliphatic rings. The first kappa shape index (κ1) is 22.2. The molecule has 2 heterocycles. The maximum absolute atomic E-state index is 12.3. The molecular formula is C19H31Cl2N3O. The van der Waals surface area contributed by atoms with Gasteiger partial charge < -0.3 is 10.6 Å². The van der Waals surface area contributed by atoms with Gasteiger partial charge in [-0.1, -0.05) is 18.6 Å². The summed E-state index contributed by atoms with van der Waals surface area (Å²) in [6.45, 7) is 6.38. The molecule has 0 bridgehead atoms. The number of likely N-dealkylation sites (tertiary alicyclic amines) is 1. The van der Waals surface area contributed by atoms with Crippen LogP contribution in [-0.2, 0) is 11.3 Å². The maximum atomic E-state index is 12.3. The summed E-state index contributed by atoms with van der Waals surface area (Å²) in [4.78, 5) is 14.8. The van der Waals surface area contributed by atoms with E-state index in [9.17, 15) is 4.79 Å². The Kier molecular flexibility index (Phi) is 9.80. The van der Waals surface area contributed by atoms with Crippen LogP contribution in [0.3, 0.4) is 0 Å². The molecule has 4 nitrogen and oxygen atoms in total. The number of halogens is 2. The zero-order valence-electron chi connectivity index (χ0n) is 15.0. The van der Waals surface area contributed by atoms with E-state index >= 15 is 0 Å². The van der Waals surface area contributed by atoms with Gasteiger partial charge in [0, 0.05) is 24.8 Å². The Labute approximate surface area is 163 Å². The van der Waals surface area contributed by atoms with Crippen molar-refractivity contribution in [2.45, 2.75) is 51.6 Å². The summed E-state index contributed by atoms with van der Waals surface area (Å²) in [5, 5.41) is 6.35. The first-order chi connectivity index (χ1) is 11.2. The fraction of sp³-hybridized carbons (Fsp3) is 0.632. The number of piperidine rings is 2. The number of hydrogen-bond donors (Lipinski definition) is 2. The van der Waals surface area contributed by atoms with Crippen LogP contribution in [-0.4, -0.2) is 36.5 Å². The van der Waals surface area contributed by atoms with Gasteiger partial charge in [-0.15, -0.1) is 24.8 Å². The molecule has 2 unspecified atom stereocenters. The van der Waals surface area contributed by atoms with Crippen molar-refractivity contribution in [3.8, 4) is 0 Å². The molecule has 2 atom stereocenters. The molecule has 1 amide bonds. The highest BCUT2D eigenvalue weighted by Gasteiger charge is 2.21. The number of carbonyl (C=O) groups is 1. The molecule has 0 saturated carbocycles. The molecule has 6 heteroatoms. The second-order valence-electron chi connectivity index (χ2n) is 7.04. The quantitative estimate of drug-likeness (QED) is 0.824. The number of amides is 1. The summed E-state index contributed by atoms with van der Waals surface area (Å²) in [7, 11) is 0. The molecule has 2 aliphatic heterocycles. The Morgan fingerprint density at radius 1 is 1.16 bits per heavy atom. The predicted octanol–water partition coefficient (Wildman–Crippen LogP) is 3.84. The van der Waals surface area contributed by atoms with Crippen LogP contribution in [0.4, 0.5) is 5.69 Å². The average molecular weight is 388 g/mol. The number of carbonyl (C=O) groups excluding carboxylic acids is 1. The molecule has 1 aromatic carbocycles. The molecule has 0 radical (unpaired) electrons. The van der Waals surface area contributed by atoms with Gasteiger partial charge in [0.05, 0.1) is 5.92 Å². The smallest absolute Gasteiger partial charge is 0.228 e. The van der Waals surface area contributed by atoms with Crippen molar-refractivity contribution in [1.29, 1.82) is 0 Å². The molecular weight excluding hydrogens is 357 g/mol. The third-order valence-electron chi connectivity index (χ3n) is 5.22. The Hall–Kier alpha value is -0.810. The molecule has 3 rings (SSSR count). The van der Waals surface area contributed by atoms with E-state index in [0.29, 0.717) is 6.04 Å². The molecule has 142 valence electrons. The lowest BCUT2D eigenvalue weighted by Gasteiger charge is -2.33. The van der Waals surface area contributed by atoms with Crippen LogP contribution in [0.1, 0.15) is 44.6 Å². The Morgan fingerprint density at radius 3 is 2.56 bits per heavy atom. The molecule has 2 fully saturated rings. The van der Waals surface area contributed by atoms with Crippen LogP contribution >= 0.6 is 24.8 Å². The minimum absolute atomic E-state index is 0. The zero-order chi connectivity index (χ0) is 16.1. The van der Waals surface area contributed by atoms with Crippen LogP contribution in [0.25, 0.3) is 0 Å². The van der Waals surface area contributed by atoms with E-state index in [0.717, 1.165) is 38.2 Å². The van der Waals surface area contributed by atoms with Crippen molar-refractivity contribution in [2.75, 3.05) is 25.0 Å². The number of anilines is 1. The summed E-state index contributed by atoms with van der Waals surface area (Å²) < 4.78 is 0. The summed E-state index contributed by atoms with van der Waals surface area (Å²) in [5.41, 5.74) is 2.24. The van der Waals surface area contributed by atoms with E-state index in [1.807, 2.05) is 12.1 Å². The van der Waals surface area contributed by atoms with Crippen molar-refractivity contribution in [2.24, 2.45) is 5.92 Å². The van der Waals surface area contributed by atoms with Gasteiger partial charge in [-0.3, -0.25) is 9.69 Å². The number of rotatable bonds is 4. The first-order valence-electron chi connectivity index (χ1n) is 9.07. The van der Waals surface area contributed by atoms with Crippen LogP contribution < -0.4 is 10.6 Å². The second-order valence-corrected chi connectivity index (χ2v) is 7.04. The molecule has 2 saturated heterocycles. The molecule has 0 aromatic heterocycles. The highest BCUT2D eigenvalue weighted by molar-refractivity contribution is 5.92. The van der Waals surface area contributed by atoms with Gasteiger partial charge in [0.15, 0.2) is 0 Å². The third-order valence-corrected chi connectivity index (χ3v) is 5.22. The second kappa shape index (κ2) is 11.0. The summed E-state index contributed by atoms with van der Waals surface area (Å²) in [6.07, 6.45) is 6.06. The monoisotopic (exact) mass is 387 g/mol. The van der Waals surface area contributed by atoms with Gasteiger partial charge in [0.25, 0.3) is 0 Å². The maximum Gasteiger partial charge on any atom is 0.228 e. The van der Waals surface area contributed by atoms with Crippen molar-refractivity contribution in [1.82, 2.24) is 10.2 Å². The summed E-state index contributed by atoms with van der Waals surface area (Å²) in [6, 6.07) is 9.06. The average Bonchev–Trinajstić information content (AvgIpc) is 2.59. The van der Waals surface area contributed by atoms with Gasteiger partial charge in [0.1, 0.15) is 0 Å². The van der Waals surface area contributed by atoms with E-state index < -0.39 is 0 Å². The van der Waals surface area contributed by atoms with E-state index in [1.165, 1.54) is 31.4 Å². The lowest BCUT2D eigenvalue weighted by molar-refractivity contribution is -0.120. The Balaban J connectivity index is 0.00000156. The molecule has 25 heavy (non-hydrogen) atoms. The SMILES string of the molecule is CC1CCCCN1Cc1ccc(NC(=O)C2CCCNC2)cc1.Cl.Cl. The Bertz CT molecular complexity index is 518. The third kappa shape index (κ3) is 6.45. The highest BCUT2D eigenvalue weighted by atomic mass is 35.5. The van der Waals surface area contributed by atoms with Gasteiger partial charge in [-0.2, -0.15) is 0 Å². The van der Waals surface area contributed by atoms with Crippen LogP contribution in [0.5, 0.6) is 0 Å². The van der Waals surface area contributed by atoms with E-state index in [1.54, 1.807) is 0 Å². The van der Waals surface area contributed by atoms with Crippen LogP contribution in [0.2, 0.25) is 0 Å². The van der Waals surface area contributed by atoms with Crippen molar-refractivity contribution < 1.29 is 4.79 Å². The molecule has 1 aromatic rings. The van der Waals surface area contributed by atoms with Crippen LogP contribution in [0, 0.1) is 5.92 Å². The van der Waals surface area contributed by atoms with E-state index in [2.05, 4.69) is 34.6 Å². The van der Waals surface area contributed by atoms with Crippen LogP contribution in [0.15, 0.2) is 24.3 Å². The minimum atomic E-state index is 0. The van der Waals surface area contributed by atoms with Gasteiger partial charge in [-0.25, -0.2) is 0 Å². The standard InChI is InChI=1S/C19H29N3O.2ClH/c1-15-5-2-3-12-22(15)14-16-7-9-18(10-8-16)21-19(23)17-6-4-11-20-13-17;;/h7-10,15,17,20H,2-6,11-14H2,1H3,(H,21,23);2*1H. The topological polar surface area (TPSA) is 44.4 Å². The fourth-order valence-electron chi connectivity index (χ4n) is 3.64. The molecule has 0 aliphatic carbocycles. The number of nitrogens with one attached hydrogen (secondary N) is 2.